The molecule has 0 saturated heterocycles. The Balaban J connectivity index is 2.67. The van der Waals surface area contributed by atoms with Crippen LogP contribution in [0.4, 0.5) is 0 Å². The zero-order valence-corrected chi connectivity index (χ0v) is 10.5. The predicted molar refractivity (Wildman–Crippen MR) is 63.6 cm³/mol. The fraction of sp³-hybridized carbons (Fsp3) is 1.00. The summed E-state index contributed by atoms with van der Waals surface area (Å²) >= 11 is 0. The summed E-state index contributed by atoms with van der Waals surface area (Å²) in [5.41, 5.74) is 0.519. The smallest absolute Gasteiger partial charge is 0.0206 e. The van der Waals surface area contributed by atoms with Gasteiger partial charge in [-0.15, -0.1) is 0 Å². The van der Waals surface area contributed by atoms with Crippen molar-refractivity contribution in [2.24, 2.45) is 5.92 Å². The fourth-order valence-electron chi connectivity index (χ4n) is 2.98. The van der Waals surface area contributed by atoms with Crippen molar-refractivity contribution in [3.05, 3.63) is 0 Å². The molecule has 0 amide bonds. The highest BCUT2D eigenvalue weighted by Crippen LogP contribution is 2.36. The second-order valence-electron chi connectivity index (χ2n) is 5.63. The molecule has 0 atom stereocenters. The van der Waals surface area contributed by atoms with Gasteiger partial charge in [-0.05, 0) is 39.3 Å². The maximum Gasteiger partial charge on any atom is 0.0206 e. The quantitative estimate of drug-likeness (QED) is 0.624. The summed E-state index contributed by atoms with van der Waals surface area (Å²) < 4.78 is 0. The summed E-state index contributed by atoms with van der Waals surface area (Å²) in [6.07, 6.45) is 9.98. The molecule has 0 aliphatic heterocycles. The second-order valence-corrected chi connectivity index (χ2v) is 5.63. The Hall–Kier alpha value is -0.0400. The van der Waals surface area contributed by atoms with Gasteiger partial charge in [0.1, 0.15) is 0 Å². The van der Waals surface area contributed by atoms with Crippen molar-refractivity contribution in [2.75, 3.05) is 14.1 Å². The van der Waals surface area contributed by atoms with Gasteiger partial charge in [-0.2, -0.15) is 0 Å². The fourth-order valence-corrected chi connectivity index (χ4v) is 2.98. The molecule has 0 radical (unpaired) electrons. The maximum absolute atomic E-state index is 2.50. The molecule has 0 spiro atoms. The van der Waals surface area contributed by atoms with E-state index in [9.17, 15) is 0 Å². The second kappa shape index (κ2) is 5.16. The van der Waals surface area contributed by atoms with Crippen molar-refractivity contribution in [2.45, 2.75) is 64.3 Å². The Kier molecular flexibility index (Phi) is 4.43. The third-order valence-electron chi connectivity index (χ3n) is 3.77. The van der Waals surface area contributed by atoms with Gasteiger partial charge in [-0.3, -0.25) is 0 Å². The van der Waals surface area contributed by atoms with Crippen molar-refractivity contribution in [3.63, 3.8) is 0 Å². The first-order chi connectivity index (χ1) is 6.57. The Morgan fingerprint density at radius 2 is 1.50 bits per heavy atom. The molecule has 0 unspecified atom stereocenters. The molecule has 1 aliphatic rings. The van der Waals surface area contributed by atoms with Crippen LogP contribution in [0.15, 0.2) is 0 Å². The molecule has 1 saturated carbocycles. The van der Waals surface area contributed by atoms with E-state index in [1.807, 2.05) is 0 Å². The van der Waals surface area contributed by atoms with Crippen molar-refractivity contribution < 1.29 is 0 Å². The zero-order chi connectivity index (χ0) is 10.6. The molecular weight excluding hydrogens is 170 g/mol. The van der Waals surface area contributed by atoms with E-state index < -0.39 is 0 Å². The minimum absolute atomic E-state index is 0.519. The first-order valence-electron chi connectivity index (χ1n) is 6.24. The van der Waals surface area contributed by atoms with Crippen LogP contribution in [-0.2, 0) is 0 Å². The molecular formula is C13H27N. The molecule has 84 valence electrons. The van der Waals surface area contributed by atoms with Gasteiger partial charge in [0.05, 0.1) is 0 Å². The van der Waals surface area contributed by atoms with Gasteiger partial charge < -0.3 is 4.90 Å². The van der Waals surface area contributed by atoms with Crippen molar-refractivity contribution >= 4 is 0 Å². The topological polar surface area (TPSA) is 3.24 Å². The van der Waals surface area contributed by atoms with E-state index in [1.165, 1.54) is 44.9 Å². The number of nitrogens with zero attached hydrogens (tertiary/aromatic N) is 1. The van der Waals surface area contributed by atoms with Crippen molar-refractivity contribution in [3.8, 4) is 0 Å². The standard InChI is InChI=1S/C13H27N/c1-12(2)11-13(14(3)4)9-7-5-6-8-10-13/h12H,5-11H2,1-4H3. The summed E-state index contributed by atoms with van der Waals surface area (Å²) in [5, 5.41) is 0. The molecule has 1 rings (SSSR count). The summed E-state index contributed by atoms with van der Waals surface area (Å²) in [6, 6.07) is 0. The Morgan fingerprint density at radius 3 is 1.86 bits per heavy atom. The van der Waals surface area contributed by atoms with Crippen molar-refractivity contribution in [1.82, 2.24) is 4.90 Å². The zero-order valence-electron chi connectivity index (χ0n) is 10.5. The molecule has 1 heteroatoms. The molecule has 0 heterocycles. The maximum atomic E-state index is 2.50. The number of hydrogen-bond acceptors (Lipinski definition) is 1. The minimum Gasteiger partial charge on any atom is -0.304 e. The van der Waals surface area contributed by atoms with E-state index in [0.717, 1.165) is 5.92 Å². The minimum atomic E-state index is 0.519. The molecule has 0 aromatic carbocycles. The van der Waals surface area contributed by atoms with E-state index in [4.69, 9.17) is 0 Å². The van der Waals surface area contributed by atoms with Crippen LogP contribution < -0.4 is 0 Å². The molecule has 0 aromatic heterocycles. The van der Waals surface area contributed by atoms with Gasteiger partial charge in [-0.25, -0.2) is 0 Å². The SMILES string of the molecule is CC(C)CC1(N(C)C)CCCCCC1. The van der Waals surface area contributed by atoms with Gasteiger partial charge in [0.15, 0.2) is 0 Å². The summed E-state index contributed by atoms with van der Waals surface area (Å²) in [6.45, 7) is 4.71. The summed E-state index contributed by atoms with van der Waals surface area (Å²) in [7, 11) is 4.54. The average Bonchev–Trinajstić information content (AvgIpc) is 2.29. The van der Waals surface area contributed by atoms with Crippen LogP contribution in [0.25, 0.3) is 0 Å². The van der Waals surface area contributed by atoms with Crippen LogP contribution in [0.2, 0.25) is 0 Å². The molecule has 1 aliphatic carbocycles. The van der Waals surface area contributed by atoms with E-state index in [2.05, 4.69) is 32.8 Å². The van der Waals surface area contributed by atoms with Gasteiger partial charge >= 0.3 is 0 Å². The highest BCUT2D eigenvalue weighted by Gasteiger charge is 2.33. The average molecular weight is 197 g/mol. The molecule has 1 fully saturated rings. The van der Waals surface area contributed by atoms with Crippen LogP contribution in [0.5, 0.6) is 0 Å². The lowest BCUT2D eigenvalue weighted by Crippen LogP contribution is -2.44. The van der Waals surface area contributed by atoms with E-state index in [0.29, 0.717) is 5.54 Å². The monoisotopic (exact) mass is 197 g/mol. The summed E-state index contributed by atoms with van der Waals surface area (Å²) in [4.78, 5) is 2.50. The molecule has 14 heavy (non-hydrogen) atoms. The highest BCUT2D eigenvalue weighted by atomic mass is 15.1. The molecule has 1 nitrogen and oxygen atoms in total. The summed E-state index contributed by atoms with van der Waals surface area (Å²) in [5.74, 6) is 0.829. The van der Waals surface area contributed by atoms with E-state index in [-0.39, 0.29) is 0 Å². The van der Waals surface area contributed by atoms with Crippen LogP contribution in [-0.4, -0.2) is 24.5 Å². The van der Waals surface area contributed by atoms with Crippen LogP contribution in [0.3, 0.4) is 0 Å². The first-order valence-corrected chi connectivity index (χ1v) is 6.24. The lowest BCUT2D eigenvalue weighted by Gasteiger charge is -2.41. The molecule has 0 N–H and O–H groups in total. The first kappa shape index (κ1) is 12.0. The third-order valence-corrected chi connectivity index (χ3v) is 3.77. The molecule has 0 bridgehead atoms. The van der Waals surface area contributed by atoms with Crippen LogP contribution in [0.1, 0.15) is 58.8 Å². The van der Waals surface area contributed by atoms with Gasteiger partial charge in [0, 0.05) is 5.54 Å². The third kappa shape index (κ3) is 2.98. The Bertz CT molecular complexity index is 153. The van der Waals surface area contributed by atoms with Crippen LogP contribution in [0, 0.1) is 5.92 Å². The predicted octanol–water partition coefficient (Wildman–Crippen LogP) is 3.69. The lowest BCUT2D eigenvalue weighted by atomic mass is 9.81. The lowest BCUT2D eigenvalue weighted by molar-refractivity contribution is 0.102. The Labute approximate surface area is 89.9 Å². The number of rotatable bonds is 3. The van der Waals surface area contributed by atoms with Gasteiger partial charge in [-0.1, -0.05) is 39.5 Å². The molecule has 0 aromatic rings. The van der Waals surface area contributed by atoms with Gasteiger partial charge in [0.25, 0.3) is 0 Å². The number of hydrogen-bond donors (Lipinski definition) is 0. The Morgan fingerprint density at radius 1 is 1.00 bits per heavy atom. The largest absolute Gasteiger partial charge is 0.304 e. The van der Waals surface area contributed by atoms with Gasteiger partial charge in [0.2, 0.25) is 0 Å². The normalized spacial score (nSPS) is 22.7. The highest BCUT2D eigenvalue weighted by molar-refractivity contribution is 4.90. The van der Waals surface area contributed by atoms with E-state index in [1.54, 1.807) is 0 Å². The van der Waals surface area contributed by atoms with Crippen molar-refractivity contribution in [1.29, 1.82) is 0 Å². The van der Waals surface area contributed by atoms with Crippen LogP contribution >= 0.6 is 0 Å². The van der Waals surface area contributed by atoms with E-state index >= 15 is 0 Å².